The fourth-order valence-corrected chi connectivity index (χ4v) is 3.62. The van der Waals surface area contributed by atoms with E-state index in [-0.39, 0.29) is 30.0 Å². The highest BCUT2D eigenvalue weighted by atomic mass is 35.5. The number of nitrogens with two attached hydrogens (primary N) is 1. The molecule has 0 bridgehead atoms. The zero-order chi connectivity index (χ0) is 16.7. The summed E-state index contributed by atoms with van der Waals surface area (Å²) in [5, 5.41) is 6.37. The molecule has 5 nitrogen and oxygen atoms in total. The highest BCUT2D eigenvalue weighted by molar-refractivity contribution is 8.00. The van der Waals surface area contributed by atoms with Crippen molar-refractivity contribution in [1.82, 2.24) is 5.32 Å². The number of halogens is 1. The summed E-state index contributed by atoms with van der Waals surface area (Å²) in [5.74, 6) is 0.781. The average molecular weight is 372 g/mol. The molecule has 4 N–H and O–H groups in total. The smallest absolute Gasteiger partial charge is 0.227 e. The zero-order valence-corrected chi connectivity index (χ0v) is 15.6. The summed E-state index contributed by atoms with van der Waals surface area (Å²) in [6.07, 6.45) is 2.89. The van der Waals surface area contributed by atoms with Gasteiger partial charge in [0.05, 0.1) is 11.4 Å². The van der Waals surface area contributed by atoms with Crippen LogP contribution in [-0.2, 0) is 9.59 Å². The maximum Gasteiger partial charge on any atom is 0.227 e. The molecule has 0 aromatic heterocycles. The molecule has 134 valence electrons. The summed E-state index contributed by atoms with van der Waals surface area (Å²) in [4.78, 5) is 24.1. The van der Waals surface area contributed by atoms with Gasteiger partial charge in [-0.2, -0.15) is 0 Å². The maximum atomic E-state index is 12.3. The number of piperidine rings is 1. The Morgan fingerprint density at radius 2 is 2.17 bits per heavy atom. The van der Waals surface area contributed by atoms with Gasteiger partial charge in [-0.05, 0) is 49.9 Å². The van der Waals surface area contributed by atoms with Gasteiger partial charge in [-0.1, -0.05) is 19.1 Å². The second kappa shape index (κ2) is 10.6. The topological polar surface area (TPSA) is 84.2 Å². The largest absolute Gasteiger partial charge is 0.369 e. The predicted molar refractivity (Wildman–Crippen MR) is 102 cm³/mol. The van der Waals surface area contributed by atoms with Crippen LogP contribution in [0.4, 0.5) is 5.69 Å². The van der Waals surface area contributed by atoms with Gasteiger partial charge in [0.2, 0.25) is 11.8 Å². The number of hydrogen-bond acceptors (Lipinski definition) is 4. The molecule has 1 saturated heterocycles. The number of amides is 2. The van der Waals surface area contributed by atoms with Crippen LogP contribution in [-0.4, -0.2) is 30.7 Å². The number of rotatable bonds is 7. The van der Waals surface area contributed by atoms with E-state index in [0.717, 1.165) is 23.7 Å². The van der Waals surface area contributed by atoms with Crippen LogP contribution in [0.2, 0.25) is 0 Å². The lowest BCUT2D eigenvalue weighted by Gasteiger charge is -2.28. The fourth-order valence-electron chi connectivity index (χ4n) is 2.87. The van der Waals surface area contributed by atoms with Gasteiger partial charge in [-0.25, -0.2) is 0 Å². The summed E-state index contributed by atoms with van der Waals surface area (Å²) in [6.45, 7) is 4.23. The fraction of sp³-hybridized carbons (Fsp3) is 0.529. The molecule has 2 unspecified atom stereocenters. The van der Waals surface area contributed by atoms with Crippen LogP contribution >= 0.6 is 24.2 Å². The SMILES string of the molecule is CC(CC(=O)Nc1ccccc1SCC(N)=O)C1CCCNC1.Cl. The minimum Gasteiger partial charge on any atom is -0.369 e. The molecule has 1 aliphatic rings. The summed E-state index contributed by atoms with van der Waals surface area (Å²) >= 11 is 1.34. The lowest BCUT2D eigenvalue weighted by Crippen LogP contribution is -2.34. The third-order valence-corrected chi connectivity index (χ3v) is 5.27. The Bertz CT molecular complexity index is 550. The van der Waals surface area contributed by atoms with E-state index in [4.69, 9.17) is 5.73 Å². The Kier molecular flexibility index (Phi) is 9.18. The first-order valence-corrected chi connectivity index (χ1v) is 9.05. The number of para-hydroxylation sites is 1. The van der Waals surface area contributed by atoms with Crippen LogP contribution in [0.15, 0.2) is 29.2 Å². The van der Waals surface area contributed by atoms with Crippen molar-refractivity contribution in [2.24, 2.45) is 17.6 Å². The Hall–Kier alpha value is -1.24. The Morgan fingerprint density at radius 3 is 2.83 bits per heavy atom. The van der Waals surface area contributed by atoms with E-state index in [9.17, 15) is 9.59 Å². The highest BCUT2D eigenvalue weighted by Gasteiger charge is 2.22. The molecule has 2 rings (SSSR count). The molecule has 1 aliphatic heterocycles. The molecular weight excluding hydrogens is 346 g/mol. The van der Waals surface area contributed by atoms with Gasteiger partial charge >= 0.3 is 0 Å². The molecule has 0 spiro atoms. The first kappa shape index (κ1) is 20.8. The van der Waals surface area contributed by atoms with Gasteiger partial charge in [-0.15, -0.1) is 24.2 Å². The van der Waals surface area contributed by atoms with Gasteiger partial charge < -0.3 is 16.4 Å². The van der Waals surface area contributed by atoms with E-state index in [2.05, 4.69) is 17.6 Å². The number of hydrogen-bond donors (Lipinski definition) is 3. The van der Waals surface area contributed by atoms with Crippen molar-refractivity contribution in [2.45, 2.75) is 31.1 Å². The number of carbonyl (C=O) groups excluding carboxylic acids is 2. The monoisotopic (exact) mass is 371 g/mol. The van der Waals surface area contributed by atoms with Crippen LogP contribution in [0.5, 0.6) is 0 Å². The van der Waals surface area contributed by atoms with Crippen molar-refractivity contribution in [2.75, 3.05) is 24.2 Å². The summed E-state index contributed by atoms with van der Waals surface area (Å²) in [6, 6.07) is 7.50. The van der Waals surface area contributed by atoms with Gasteiger partial charge in [0.1, 0.15) is 0 Å². The van der Waals surface area contributed by atoms with Crippen molar-refractivity contribution in [1.29, 1.82) is 0 Å². The summed E-state index contributed by atoms with van der Waals surface area (Å²) in [7, 11) is 0. The minimum absolute atomic E-state index is 0. The van der Waals surface area contributed by atoms with E-state index >= 15 is 0 Å². The van der Waals surface area contributed by atoms with E-state index in [1.54, 1.807) is 0 Å². The number of anilines is 1. The molecule has 0 aliphatic carbocycles. The number of primary amides is 1. The van der Waals surface area contributed by atoms with E-state index in [0.29, 0.717) is 18.3 Å². The van der Waals surface area contributed by atoms with Crippen LogP contribution in [0.3, 0.4) is 0 Å². The summed E-state index contributed by atoms with van der Waals surface area (Å²) in [5.41, 5.74) is 5.93. The third kappa shape index (κ3) is 6.71. The lowest BCUT2D eigenvalue weighted by atomic mass is 9.85. The van der Waals surface area contributed by atoms with Crippen molar-refractivity contribution >= 4 is 41.7 Å². The van der Waals surface area contributed by atoms with Crippen LogP contribution in [0, 0.1) is 11.8 Å². The van der Waals surface area contributed by atoms with Crippen LogP contribution < -0.4 is 16.4 Å². The van der Waals surface area contributed by atoms with E-state index in [1.807, 2.05) is 24.3 Å². The van der Waals surface area contributed by atoms with Crippen LogP contribution in [0.1, 0.15) is 26.2 Å². The summed E-state index contributed by atoms with van der Waals surface area (Å²) < 4.78 is 0. The van der Waals surface area contributed by atoms with Gasteiger partial charge in [0, 0.05) is 11.3 Å². The quantitative estimate of drug-likeness (QED) is 0.643. The Morgan fingerprint density at radius 1 is 1.42 bits per heavy atom. The standard InChI is InChI=1S/C17H25N3O2S.ClH/c1-12(13-5-4-8-19-10-13)9-17(22)20-14-6-2-3-7-15(14)23-11-16(18)21;/h2-3,6-7,12-13,19H,4-5,8-11H2,1H3,(H2,18,21)(H,20,22);1H. The minimum atomic E-state index is -0.366. The Balaban J connectivity index is 0.00000288. The number of carbonyl (C=O) groups is 2. The van der Waals surface area contributed by atoms with Crippen molar-refractivity contribution in [3.63, 3.8) is 0 Å². The van der Waals surface area contributed by atoms with Crippen molar-refractivity contribution in [3.8, 4) is 0 Å². The molecular formula is C17H26ClN3O2S. The molecule has 24 heavy (non-hydrogen) atoms. The molecule has 0 radical (unpaired) electrons. The van der Waals surface area contributed by atoms with Gasteiger partial charge in [0.25, 0.3) is 0 Å². The van der Waals surface area contributed by atoms with Crippen molar-refractivity contribution < 1.29 is 9.59 Å². The molecule has 2 atom stereocenters. The molecule has 1 fully saturated rings. The third-order valence-electron chi connectivity index (χ3n) is 4.18. The second-order valence-electron chi connectivity index (χ2n) is 6.09. The first-order valence-electron chi connectivity index (χ1n) is 8.07. The molecule has 1 heterocycles. The van der Waals surface area contributed by atoms with Crippen LogP contribution in [0.25, 0.3) is 0 Å². The van der Waals surface area contributed by atoms with Gasteiger partial charge in [-0.3, -0.25) is 9.59 Å². The number of nitrogens with one attached hydrogen (secondary N) is 2. The molecule has 7 heteroatoms. The normalized spacial score (nSPS) is 18.3. The van der Waals surface area contributed by atoms with E-state index < -0.39 is 0 Å². The van der Waals surface area contributed by atoms with E-state index in [1.165, 1.54) is 24.6 Å². The number of thioether (sulfide) groups is 1. The lowest BCUT2D eigenvalue weighted by molar-refractivity contribution is -0.117. The number of benzene rings is 1. The first-order chi connectivity index (χ1) is 11.1. The van der Waals surface area contributed by atoms with Crippen molar-refractivity contribution in [3.05, 3.63) is 24.3 Å². The zero-order valence-electron chi connectivity index (χ0n) is 13.9. The molecule has 1 aromatic carbocycles. The molecule has 0 saturated carbocycles. The Labute approximate surface area is 153 Å². The average Bonchev–Trinajstić information content (AvgIpc) is 2.54. The predicted octanol–water partition coefficient (Wildman–Crippen LogP) is 2.65. The van der Waals surface area contributed by atoms with Gasteiger partial charge in [0.15, 0.2) is 0 Å². The maximum absolute atomic E-state index is 12.3. The second-order valence-corrected chi connectivity index (χ2v) is 7.10. The molecule has 2 amide bonds. The molecule has 1 aromatic rings. The highest BCUT2D eigenvalue weighted by Crippen LogP contribution is 2.28.